The van der Waals surface area contributed by atoms with Crippen molar-refractivity contribution in [3.63, 3.8) is 0 Å². The van der Waals surface area contributed by atoms with Gasteiger partial charge in [0.15, 0.2) is 0 Å². The normalized spacial score (nSPS) is 12.1. The predicted molar refractivity (Wildman–Crippen MR) is 71.1 cm³/mol. The number of rotatable bonds is 5. The van der Waals surface area contributed by atoms with Gasteiger partial charge in [0.2, 0.25) is 5.91 Å². The molecule has 0 spiro atoms. The highest BCUT2D eigenvalue weighted by Crippen LogP contribution is 2.09. The summed E-state index contributed by atoms with van der Waals surface area (Å²) in [6.07, 6.45) is 3.16. The second-order valence-electron chi connectivity index (χ2n) is 4.37. The van der Waals surface area contributed by atoms with E-state index in [0.29, 0.717) is 13.1 Å². The average Bonchev–Trinajstić information content (AvgIpc) is 2.90. The van der Waals surface area contributed by atoms with Gasteiger partial charge in [0.05, 0.1) is 12.6 Å². The van der Waals surface area contributed by atoms with Gasteiger partial charge in [-0.15, -0.1) is 0 Å². The van der Waals surface area contributed by atoms with E-state index < -0.39 is 6.04 Å². The van der Waals surface area contributed by atoms with Crippen molar-refractivity contribution in [3.8, 4) is 0 Å². The van der Waals surface area contributed by atoms with Crippen LogP contribution in [0.4, 0.5) is 0 Å². The minimum Gasteiger partial charge on any atom is -0.351 e. The summed E-state index contributed by atoms with van der Waals surface area (Å²) in [4.78, 5) is 15.4. The van der Waals surface area contributed by atoms with Crippen molar-refractivity contribution in [2.24, 2.45) is 5.73 Å². The molecule has 0 fully saturated rings. The lowest BCUT2D eigenvalue weighted by molar-refractivity contribution is -0.122. The molecule has 0 bridgehead atoms. The number of nitrogens with zero attached hydrogens (tertiary/aromatic N) is 3. The Morgan fingerprint density at radius 2 is 2.16 bits per heavy atom. The van der Waals surface area contributed by atoms with Crippen molar-refractivity contribution < 1.29 is 4.79 Å². The topological polar surface area (TPSA) is 85.8 Å². The monoisotopic (exact) mass is 259 g/mol. The molecule has 6 heteroatoms. The van der Waals surface area contributed by atoms with Crippen LogP contribution in [0.15, 0.2) is 36.9 Å². The first-order valence-electron chi connectivity index (χ1n) is 6.09. The van der Waals surface area contributed by atoms with Crippen LogP contribution in [-0.4, -0.2) is 26.7 Å². The molecule has 19 heavy (non-hydrogen) atoms. The van der Waals surface area contributed by atoms with E-state index >= 15 is 0 Å². The van der Waals surface area contributed by atoms with Crippen molar-refractivity contribution in [1.29, 1.82) is 0 Å². The van der Waals surface area contributed by atoms with Crippen LogP contribution in [0, 0.1) is 0 Å². The number of nitrogens with two attached hydrogens (primary N) is 1. The van der Waals surface area contributed by atoms with Crippen LogP contribution >= 0.6 is 0 Å². The Balaban J connectivity index is 2.06. The van der Waals surface area contributed by atoms with Gasteiger partial charge in [-0.1, -0.05) is 24.3 Å². The summed E-state index contributed by atoms with van der Waals surface area (Å²) in [5.74, 6) is -0.157. The molecule has 1 amide bonds. The fourth-order valence-corrected chi connectivity index (χ4v) is 1.72. The predicted octanol–water partition coefficient (Wildman–Crippen LogP) is 0.290. The van der Waals surface area contributed by atoms with Crippen LogP contribution in [0.5, 0.6) is 0 Å². The first-order chi connectivity index (χ1) is 9.16. The number of hydrogen-bond donors (Lipinski definition) is 2. The molecular formula is C13H17N5O. The molecule has 0 aliphatic rings. The number of amides is 1. The number of hydrogen-bond acceptors (Lipinski definition) is 4. The highest BCUT2D eigenvalue weighted by atomic mass is 16.2. The Labute approximate surface area is 111 Å². The maximum Gasteiger partial charge on any atom is 0.236 e. The van der Waals surface area contributed by atoms with E-state index in [9.17, 15) is 4.79 Å². The molecule has 0 aliphatic carbocycles. The molecule has 0 radical (unpaired) electrons. The molecule has 100 valence electrons. The Morgan fingerprint density at radius 1 is 1.42 bits per heavy atom. The van der Waals surface area contributed by atoms with Crippen LogP contribution in [-0.2, 0) is 17.9 Å². The minimum absolute atomic E-state index is 0.157. The van der Waals surface area contributed by atoms with Crippen LogP contribution in [0.3, 0.4) is 0 Å². The molecule has 0 aliphatic heterocycles. The summed E-state index contributed by atoms with van der Waals surface area (Å²) in [5, 5.41) is 6.88. The third-order valence-electron chi connectivity index (χ3n) is 2.78. The van der Waals surface area contributed by atoms with E-state index in [1.54, 1.807) is 17.9 Å². The molecule has 0 saturated carbocycles. The van der Waals surface area contributed by atoms with Crippen LogP contribution in [0.25, 0.3) is 0 Å². The lowest BCUT2D eigenvalue weighted by atomic mass is 10.1. The zero-order valence-electron chi connectivity index (χ0n) is 10.8. The summed E-state index contributed by atoms with van der Waals surface area (Å²) >= 11 is 0. The van der Waals surface area contributed by atoms with E-state index in [0.717, 1.165) is 11.1 Å². The summed E-state index contributed by atoms with van der Waals surface area (Å²) in [6, 6.07) is 7.40. The summed E-state index contributed by atoms with van der Waals surface area (Å²) in [5.41, 5.74) is 7.66. The van der Waals surface area contributed by atoms with Gasteiger partial charge in [-0.2, -0.15) is 5.10 Å². The smallest absolute Gasteiger partial charge is 0.236 e. The minimum atomic E-state index is -0.498. The van der Waals surface area contributed by atoms with Gasteiger partial charge in [-0.3, -0.25) is 4.79 Å². The molecular weight excluding hydrogens is 242 g/mol. The quantitative estimate of drug-likeness (QED) is 0.808. The molecule has 2 aromatic rings. The average molecular weight is 259 g/mol. The highest BCUT2D eigenvalue weighted by Gasteiger charge is 2.08. The van der Waals surface area contributed by atoms with Crippen LogP contribution in [0.1, 0.15) is 18.1 Å². The summed E-state index contributed by atoms with van der Waals surface area (Å²) < 4.78 is 1.74. The van der Waals surface area contributed by atoms with Gasteiger partial charge in [0.1, 0.15) is 12.7 Å². The molecule has 6 nitrogen and oxygen atoms in total. The van der Waals surface area contributed by atoms with Crippen LogP contribution < -0.4 is 11.1 Å². The number of carbonyl (C=O) groups excluding carboxylic acids is 1. The Hall–Kier alpha value is -2.21. The van der Waals surface area contributed by atoms with Gasteiger partial charge in [-0.25, -0.2) is 9.67 Å². The van der Waals surface area contributed by atoms with Gasteiger partial charge in [0.25, 0.3) is 0 Å². The van der Waals surface area contributed by atoms with Gasteiger partial charge < -0.3 is 11.1 Å². The molecule has 3 N–H and O–H groups in total. The van der Waals surface area contributed by atoms with Crippen LogP contribution in [0.2, 0.25) is 0 Å². The van der Waals surface area contributed by atoms with Crippen molar-refractivity contribution >= 4 is 5.91 Å². The fraction of sp³-hybridized carbons (Fsp3) is 0.308. The zero-order valence-corrected chi connectivity index (χ0v) is 10.8. The van der Waals surface area contributed by atoms with Crippen molar-refractivity contribution in [1.82, 2.24) is 20.1 Å². The molecule has 1 aromatic carbocycles. The third-order valence-corrected chi connectivity index (χ3v) is 2.78. The van der Waals surface area contributed by atoms with E-state index in [2.05, 4.69) is 15.4 Å². The lowest BCUT2D eigenvalue weighted by Gasteiger charge is -2.11. The maximum atomic E-state index is 11.5. The molecule has 2 rings (SSSR count). The van der Waals surface area contributed by atoms with E-state index in [4.69, 9.17) is 5.73 Å². The van der Waals surface area contributed by atoms with Gasteiger partial charge in [0, 0.05) is 6.54 Å². The molecule has 0 saturated heterocycles. The standard InChI is InChI=1S/C13H17N5O/c1-10(14)13(19)16-6-11-4-2-3-5-12(11)7-18-9-15-8-17-18/h2-5,8-10H,6-7,14H2,1H3,(H,16,19). The second kappa shape index (κ2) is 6.10. The molecule has 1 heterocycles. The number of carbonyl (C=O) groups is 1. The Bertz CT molecular complexity index is 536. The van der Waals surface area contributed by atoms with Crippen molar-refractivity contribution in [3.05, 3.63) is 48.0 Å². The van der Waals surface area contributed by atoms with E-state index in [-0.39, 0.29) is 5.91 Å². The number of nitrogens with one attached hydrogen (secondary N) is 1. The first kappa shape index (κ1) is 13.2. The zero-order chi connectivity index (χ0) is 13.7. The summed E-state index contributed by atoms with van der Waals surface area (Å²) in [6.45, 7) is 2.76. The SMILES string of the molecule is CC(N)C(=O)NCc1ccccc1Cn1cncn1. The van der Waals surface area contributed by atoms with Gasteiger partial charge >= 0.3 is 0 Å². The molecule has 1 unspecified atom stereocenters. The summed E-state index contributed by atoms with van der Waals surface area (Å²) in [7, 11) is 0. The van der Waals surface area contributed by atoms with E-state index in [1.165, 1.54) is 6.33 Å². The maximum absolute atomic E-state index is 11.5. The number of benzene rings is 1. The fourth-order valence-electron chi connectivity index (χ4n) is 1.72. The molecule has 1 atom stereocenters. The van der Waals surface area contributed by atoms with Crippen molar-refractivity contribution in [2.45, 2.75) is 26.1 Å². The highest BCUT2D eigenvalue weighted by molar-refractivity contribution is 5.80. The largest absolute Gasteiger partial charge is 0.351 e. The van der Waals surface area contributed by atoms with Gasteiger partial charge in [-0.05, 0) is 18.1 Å². The Morgan fingerprint density at radius 3 is 2.79 bits per heavy atom. The molecule has 1 aromatic heterocycles. The third kappa shape index (κ3) is 3.62. The van der Waals surface area contributed by atoms with E-state index in [1.807, 2.05) is 24.3 Å². The second-order valence-corrected chi connectivity index (χ2v) is 4.37. The first-order valence-corrected chi connectivity index (χ1v) is 6.09. The lowest BCUT2D eigenvalue weighted by Crippen LogP contribution is -2.38. The van der Waals surface area contributed by atoms with Crippen molar-refractivity contribution in [2.75, 3.05) is 0 Å². The Kier molecular flexibility index (Phi) is 4.25. The number of aromatic nitrogens is 3.